The number of amides is 1. The molecule has 1 aliphatic rings. The number of nitrogens with one attached hydrogen (secondary N) is 2. The van der Waals surface area contributed by atoms with Gasteiger partial charge in [0.1, 0.15) is 11.6 Å². The molecule has 6 nitrogen and oxygen atoms in total. The zero-order valence-corrected chi connectivity index (χ0v) is 14.8. The number of halogens is 1. The number of anilines is 2. The first-order chi connectivity index (χ1) is 12.2. The molecule has 1 fully saturated rings. The number of ether oxygens (including phenoxy) is 1. The van der Waals surface area contributed by atoms with E-state index in [4.69, 9.17) is 16.3 Å². The first-order valence-corrected chi connectivity index (χ1v) is 8.78. The van der Waals surface area contributed by atoms with Crippen molar-refractivity contribution in [3.05, 3.63) is 41.0 Å². The summed E-state index contributed by atoms with van der Waals surface area (Å²) < 4.78 is 5.22. The van der Waals surface area contributed by atoms with Gasteiger partial charge in [-0.15, -0.1) is 10.2 Å². The lowest BCUT2D eigenvalue weighted by Gasteiger charge is -2.22. The molecule has 25 heavy (non-hydrogen) atoms. The van der Waals surface area contributed by atoms with Crippen molar-refractivity contribution in [1.82, 2.24) is 10.2 Å². The van der Waals surface area contributed by atoms with Gasteiger partial charge in [-0.05, 0) is 43.2 Å². The second-order valence-electron chi connectivity index (χ2n) is 6.08. The maximum atomic E-state index is 12.4. The zero-order valence-electron chi connectivity index (χ0n) is 14.1. The normalized spacial score (nSPS) is 14.8. The van der Waals surface area contributed by atoms with Crippen LogP contribution in [0.4, 0.5) is 11.5 Å². The van der Waals surface area contributed by atoms with Crippen molar-refractivity contribution in [3.63, 3.8) is 0 Å². The van der Waals surface area contributed by atoms with Crippen LogP contribution in [0, 0.1) is 0 Å². The maximum Gasteiger partial charge on any atom is 0.276 e. The van der Waals surface area contributed by atoms with E-state index in [9.17, 15) is 4.79 Å². The minimum atomic E-state index is -0.364. The van der Waals surface area contributed by atoms with Crippen LogP contribution in [0.25, 0.3) is 0 Å². The van der Waals surface area contributed by atoms with Crippen molar-refractivity contribution in [2.75, 3.05) is 17.7 Å². The third-order valence-corrected chi connectivity index (χ3v) is 4.50. The number of nitrogens with zero attached hydrogens (tertiary/aromatic N) is 2. The summed E-state index contributed by atoms with van der Waals surface area (Å²) in [5.74, 6) is 0.863. The maximum absolute atomic E-state index is 12.4. The summed E-state index contributed by atoms with van der Waals surface area (Å²) in [5, 5.41) is 14.8. The van der Waals surface area contributed by atoms with Gasteiger partial charge in [-0.2, -0.15) is 0 Å². The largest absolute Gasteiger partial charge is 0.495 e. The Hall–Kier alpha value is -2.34. The summed E-state index contributed by atoms with van der Waals surface area (Å²) in [4.78, 5) is 12.4. The lowest BCUT2D eigenvalue weighted by atomic mass is 9.95. The van der Waals surface area contributed by atoms with E-state index in [0.29, 0.717) is 28.3 Å². The van der Waals surface area contributed by atoms with Gasteiger partial charge in [-0.1, -0.05) is 30.9 Å². The van der Waals surface area contributed by atoms with E-state index in [2.05, 4.69) is 20.8 Å². The SMILES string of the molecule is COc1ccc(Cl)cc1NC(=O)c1ccc(NC2CCCCC2)nn1. The van der Waals surface area contributed by atoms with E-state index >= 15 is 0 Å². The standard InChI is InChI=1S/C18H21ClN4O2/c1-25-16-9-7-12(19)11-15(16)21-18(24)14-8-10-17(23-22-14)20-13-5-3-2-4-6-13/h7-11,13H,2-6H2,1H3,(H,20,23)(H,21,24). The molecule has 1 aromatic heterocycles. The van der Waals surface area contributed by atoms with Crippen LogP contribution in [0.1, 0.15) is 42.6 Å². The Balaban J connectivity index is 1.65. The second kappa shape index (κ2) is 8.16. The van der Waals surface area contributed by atoms with Gasteiger partial charge in [0.25, 0.3) is 5.91 Å². The summed E-state index contributed by atoms with van der Waals surface area (Å²) in [6.45, 7) is 0. The van der Waals surface area contributed by atoms with Crippen LogP contribution in [0.5, 0.6) is 5.75 Å². The number of benzene rings is 1. The molecule has 2 aromatic rings. The topological polar surface area (TPSA) is 76.1 Å². The van der Waals surface area contributed by atoms with Crippen LogP contribution in [-0.4, -0.2) is 29.3 Å². The molecular formula is C18H21ClN4O2. The Bertz CT molecular complexity index is 730. The number of hydrogen-bond acceptors (Lipinski definition) is 5. The minimum absolute atomic E-state index is 0.233. The monoisotopic (exact) mass is 360 g/mol. The van der Waals surface area contributed by atoms with E-state index in [1.165, 1.54) is 26.4 Å². The van der Waals surface area contributed by atoms with Crippen molar-refractivity contribution in [2.45, 2.75) is 38.1 Å². The molecule has 0 unspecified atom stereocenters. The Morgan fingerprint density at radius 3 is 2.64 bits per heavy atom. The number of carbonyl (C=O) groups excluding carboxylic acids is 1. The molecule has 1 saturated carbocycles. The lowest BCUT2D eigenvalue weighted by Crippen LogP contribution is -2.23. The highest BCUT2D eigenvalue weighted by Crippen LogP contribution is 2.28. The van der Waals surface area contributed by atoms with E-state index in [0.717, 1.165) is 12.8 Å². The second-order valence-corrected chi connectivity index (χ2v) is 6.52. The van der Waals surface area contributed by atoms with Crippen molar-refractivity contribution in [3.8, 4) is 5.75 Å². The van der Waals surface area contributed by atoms with Crippen molar-refractivity contribution < 1.29 is 9.53 Å². The first-order valence-electron chi connectivity index (χ1n) is 8.41. The Morgan fingerprint density at radius 1 is 1.16 bits per heavy atom. The number of methoxy groups -OCH3 is 1. The number of hydrogen-bond donors (Lipinski definition) is 2. The Kier molecular flexibility index (Phi) is 5.71. The van der Waals surface area contributed by atoms with Crippen LogP contribution < -0.4 is 15.4 Å². The van der Waals surface area contributed by atoms with E-state index in [1.807, 2.05) is 0 Å². The molecule has 0 atom stereocenters. The molecule has 1 amide bonds. The number of aromatic nitrogens is 2. The first kappa shape index (κ1) is 17.5. The van der Waals surface area contributed by atoms with Gasteiger partial charge in [0.05, 0.1) is 12.8 Å². The highest BCUT2D eigenvalue weighted by molar-refractivity contribution is 6.31. The lowest BCUT2D eigenvalue weighted by molar-refractivity contribution is 0.102. The summed E-state index contributed by atoms with van der Waals surface area (Å²) in [5.41, 5.74) is 0.724. The van der Waals surface area contributed by atoms with Crippen molar-refractivity contribution >= 4 is 29.0 Å². The molecule has 1 aromatic carbocycles. The summed E-state index contributed by atoms with van der Waals surface area (Å²) in [6.07, 6.45) is 6.09. The predicted molar refractivity (Wildman–Crippen MR) is 98.5 cm³/mol. The van der Waals surface area contributed by atoms with Crippen LogP contribution >= 0.6 is 11.6 Å². The van der Waals surface area contributed by atoms with Crippen LogP contribution in [-0.2, 0) is 0 Å². The van der Waals surface area contributed by atoms with Crippen LogP contribution in [0.3, 0.4) is 0 Å². The van der Waals surface area contributed by atoms with Crippen molar-refractivity contribution in [1.29, 1.82) is 0 Å². The molecular weight excluding hydrogens is 340 g/mol. The van der Waals surface area contributed by atoms with Gasteiger partial charge in [0.15, 0.2) is 5.69 Å². The highest BCUT2D eigenvalue weighted by atomic mass is 35.5. The van der Waals surface area contributed by atoms with Gasteiger partial charge in [0, 0.05) is 11.1 Å². The van der Waals surface area contributed by atoms with E-state index in [1.54, 1.807) is 30.3 Å². The molecule has 2 N–H and O–H groups in total. The van der Waals surface area contributed by atoms with Gasteiger partial charge >= 0.3 is 0 Å². The zero-order chi connectivity index (χ0) is 17.6. The van der Waals surface area contributed by atoms with E-state index < -0.39 is 0 Å². The fourth-order valence-electron chi connectivity index (χ4n) is 2.95. The Morgan fingerprint density at radius 2 is 1.96 bits per heavy atom. The summed E-state index contributed by atoms with van der Waals surface area (Å²) in [6, 6.07) is 8.90. The highest BCUT2D eigenvalue weighted by Gasteiger charge is 2.15. The molecule has 7 heteroatoms. The van der Waals surface area contributed by atoms with Crippen LogP contribution in [0.15, 0.2) is 30.3 Å². The Labute approximate surface area is 151 Å². The van der Waals surface area contributed by atoms with Gasteiger partial charge < -0.3 is 15.4 Å². The predicted octanol–water partition coefficient (Wildman–Crippen LogP) is 4.14. The third-order valence-electron chi connectivity index (χ3n) is 4.26. The van der Waals surface area contributed by atoms with Crippen LogP contribution in [0.2, 0.25) is 5.02 Å². The molecule has 132 valence electrons. The van der Waals surface area contributed by atoms with E-state index in [-0.39, 0.29) is 11.6 Å². The number of rotatable bonds is 5. The molecule has 3 rings (SSSR count). The minimum Gasteiger partial charge on any atom is -0.495 e. The third kappa shape index (κ3) is 4.60. The molecule has 1 heterocycles. The molecule has 0 bridgehead atoms. The molecule has 1 aliphatic carbocycles. The average molecular weight is 361 g/mol. The van der Waals surface area contributed by atoms with Crippen molar-refractivity contribution in [2.24, 2.45) is 0 Å². The average Bonchev–Trinajstić information content (AvgIpc) is 2.63. The molecule has 0 spiro atoms. The number of carbonyl (C=O) groups is 1. The molecule has 0 saturated heterocycles. The summed E-state index contributed by atoms with van der Waals surface area (Å²) in [7, 11) is 1.53. The summed E-state index contributed by atoms with van der Waals surface area (Å²) >= 11 is 5.97. The van der Waals surface area contributed by atoms with Gasteiger partial charge in [-0.25, -0.2) is 0 Å². The van der Waals surface area contributed by atoms with Gasteiger partial charge in [0.2, 0.25) is 0 Å². The fourth-order valence-corrected chi connectivity index (χ4v) is 3.12. The van der Waals surface area contributed by atoms with Gasteiger partial charge in [-0.3, -0.25) is 4.79 Å². The smallest absolute Gasteiger partial charge is 0.276 e. The quantitative estimate of drug-likeness (QED) is 0.838. The fraction of sp³-hybridized carbons (Fsp3) is 0.389. The molecule has 0 radical (unpaired) electrons. The molecule has 0 aliphatic heterocycles.